The number of amides is 1. The number of hydrogen-bond acceptors (Lipinski definition) is 3. The van der Waals surface area contributed by atoms with Crippen LogP contribution in [0.15, 0.2) is 21.8 Å². The number of likely N-dealkylation sites (tertiary alicyclic amines) is 1. The third-order valence-corrected chi connectivity index (χ3v) is 5.25. The van der Waals surface area contributed by atoms with Gasteiger partial charge in [-0.2, -0.15) is 11.3 Å². The standard InChI is InChI=1S/C18H30N4OS.HI/c1-13(2)17(23)22-8-5-16(6-9-22)21-18(19-4)20-11-14(3)15-7-10-24-12-15;/h7,10,12-14,16H,5-6,8-9,11H2,1-4H3,(H2,19,20,21);1H. The van der Waals surface area contributed by atoms with Crippen LogP contribution in [-0.4, -0.2) is 49.5 Å². The maximum absolute atomic E-state index is 12.0. The van der Waals surface area contributed by atoms with Gasteiger partial charge < -0.3 is 15.5 Å². The number of rotatable bonds is 5. The lowest BCUT2D eigenvalue weighted by Gasteiger charge is -2.34. The normalized spacial score (nSPS) is 17.2. The highest BCUT2D eigenvalue weighted by molar-refractivity contribution is 14.0. The maximum Gasteiger partial charge on any atom is 0.225 e. The van der Waals surface area contributed by atoms with Crippen molar-refractivity contribution in [1.82, 2.24) is 15.5 Å². The molecule has 2 N–H and O–H groups in total. The van der Waals surface area contributed by atoms with Crippen LogP contribution in [0.2, 0.25) is 0 Å². The predicted octanol–water partition coefficient (Wildman–Crippen LogP) is 3.28. The van der Waals surface area contributed by atoms with Crippen LogP contribution in [0.4, 0.5) is 0 Å². The van der Waals surface area contributed by atoms with E-state index in [1.165, 1.54) is 5.56 Å². The predicted molar refractivity (Wildman–Crippen MR) is 117 cm³/mol. The van der Waals surface area contributed by atoms with Crippen LogP contribution >= 0.6 is 35.3 Å². The molecule has 0 saturated carbocycles. The Morgan fingerprint density at radius 2 is 2.04 bits per heavy atom. The number of nitrogens with zero attached hydrogens (tertiary/aromatic N) is 2. The molecule has 7 heteroatoms. The van der Waals surface area contributed by atoms with Gasteiger partial charge in [0.2, 0.25) is 5.91 Å². The highest BCUT2D eigenvalue weighted by Gasteiger charge is 2.24. The van der Waals surface area contributed by atoms with Gasteiger partial charge in [0.1, 0.15) is 0 Å². The van der Waals surface area contributed by atoms with E-state index in [1.807, 2.05) is 25.8 Å². The first kappa shape index (κ1) is 22.2. The molecule has 0 bridgehead atoms. The molecule has 1 saturated heterocycles. The van der Waals surface area contributed by atoms with Crippen LogP contribution in [0, 0.1) is 5.92 Å². The van der Waals surface area contributed by atoms with Gasteiger partial charge in [0.25, 0.3) is 0 Å². The Morgan fingerprint density at radius 1 is 1.36 bits per heavy atom. The molecule has 142 valence electrons. The molecule has 1 fully saturated rings. The van der Waals surface area contributed by atoms with Crippen molar-refractivity contribution in [1.29, 1.82) is 0 Å². The number of piperidine rings is 1. The highest BCUT2D eigenvalue weighted by atomic mass is 127. The Hall–Kier alpha value is -0.830. The summed E-state index contributed by atoms with van der Waals surface area (Å²) in [5.41, 5.74) is 1.36. The zero-order valence-corrected chi connectivity index (χ0v) is 18.8. The zero-order chi connectivity index (χ0) is 17.5. The van der Waals surface area contributed by atoms with E-state index in [0.717, 1.165) is 38.4 Å². The number of aliphatic imine (C=N–C) groups is 1. The van der Waals surface area contributed by atoms with Crippen LogP contribution in [-0.2, 0) is 4.79 Å². The Labute approximate surface area is 172 Å². The average molecular weight is 478 g/mol. The van der Waals surface area contributed by atoms with Crippen LogP contribution in [0.1, 0.15) is 45.1 Å². The van der Waals surface area contributed by atoms with E-state index in [0.29, 0.717) is 12.0 Å². The number of hydrogen-bond donors (Lipinski definition) is 2. The first-order valence-electron chi connectivity index (χ1n) is 8.79. The summed E-state index contributed by atoms with van der Waals surface area (Å²) >= 11 is 1.73. The SMILES string of the molecule is CN=C(NCC(C)c1ccsc1)NC1CCN(C(=O)C(C)C)CC1.I. The Balaban J connectivity index is 0.00000312. The number of carbonyl (C=O) groups excluding carboxylic acids is 1. The van der Waals surface area contributed by atoms with Gasteiger partial charge in [-0.3, -0.25) is 9.79 Å². The molecular formula is C18H31IN4OS. The van der Waals surface area contributed by atoms with Gasteiger partial charge in [0.05, 0.1) is 0 Å². The Morgan fingerprint density at radius 3 is 2.56 bits per heavy atom. The largest absolute Gasteiger partial charge is 0.356 e. The van der Waals surface area contributed by atoms with Gasteiger partial charge in [-0.05, 0) is 41.1 Å². The van der Waals surface area contributed by atoms with Crippen molar-refractivity contribution >= 4 is 47.2 Å². The molecule has 2 heterocycles. The molecule has 1 aromatic heterocycles. The second-order valence-electron chi connectivity index (χ2n) is 6.81. The smallest absolute Gasteiger partial charge is 0.225 e. The van der Waals surface area contributed by atoms with Crippen molar-refractivity contribution in [3.05, 3.63) is 22.4 Å². The molecule has 1 aromatic rings. The minimum absolute atomic E-state index is 0. The average Bonchev–Trinajstić information content (AvgIpc) is 3.12. The first-order chi connectivity index (χ1) is 11.5. The lowest BCUT2D eigenvalue weighted by Crippen LogP contribution is -2.50. The molecule has 0 aliphatic carbocycles. The molecular weight excluding hydrogens is 447 g/mol. The van der Waals surface area contributed by atoms with Crippen molar-refractivity contribution in [2.24, 2.45) is 10.9 Å². The first-order valence-corrected chi connectivity index (χ1v) is 9.73. The van der Waals surface area contributed by atoms with E-state index in [2.05, 4.69) is 39.4 Å². The topological polar surface area (TPSA) is 56.7 Å². The Bertz CT molecular complexity index is 539. The minimum atomic E-state index is 0. The van der Waals surface area contributed by atoms with Crippen molar-refractivity contribution in [2.75, 3.05) is 26.7 Å². The minimum Gasteiger partial charge on any atom is -0.356 e. The molecule has 1 atom stereocenters. The molecule has 1 aliphatic rings. The summed E-state index contributed by atoms with van der Waals surface area (Å²) in [4.78, 5) is 18.4. The van der Waals surface area contributed by atoms with E-state index in [1.54, 1.807) is 11.3 Å². The van der Waals surface area contributed by atoms with Crippen molar-refractivity contribution < 1.29 is 4.79 Å². The van der Waals surface area contributed by atoms with E-state index >= 15 is 0 Å². The lowest BCUT2D eigenvalue weighted by atomic mass is 10.0. The molecule has 25 heavy (non-hydrogen) atoms. The number of thiophene rings is 1. The zero-order valence-electron chi connectivity index (χ0n) is 15.6. The van der Waals surface area contributed by atoms with E-state index in [-0.39, 0.29) is 35.8 Å². The van der Waals surface area contributed by atoms with Crippen LogP contribution in [0.3, 0.4) is 0 Å². The molecule has 5 nitrogen and oxygen atoms in total. The third-order valence-electron chi connectivity index (χ3n) is 4.55. The van der Waals surface area contributed by atoms with Crippen molar-refractivity contribution in [3.63, 3.8) is 0 Å². The summed E-state index contributed by atoms with van der Waals surface area (Å²) in [7, 11) is 1.81. The molecule has 0 radical (unpaired) electrons. The van der Waals surface area contributed by atoms with E-state index < -0.39 is 0 Å². The third kappa shape index (κ3) is 6.77. The van der Waals surface area contributed by atoms with Crippen LogP contribution in [0.5, 0.6) is 0 Å². The molecule has 1 unspecified atom stereocenters. The highest BCUT2D eigenvalue weighted by Crippen LogP contribution is 2.17. The fraction of sp³-hybridized carbons (Fsp3) is 0.667. The molecule has 2 rings (SSSR count). The van der Waals surface area contributed by atoms with Gasteiger partial charge in [-0.25, -0.2) is 0 Å². The van der Waals surface area contributed by atoms with E-state index in [4.69, 9.17) is 0 Å². The number of carbonyl (C=O) groups is 1. The van der Waals surface area contributed by atoms with Gasteiger partial charge in [0, 0.05) is 38.6 Å². The molecule has 0 spiro atoms. The number of halogens is 1. The molecule has 1 aliphatic heterocycles. The van der Waals surface area contributed by atoms with Gasteiger partial charge >= 0.3 is 0 Å². The monoisotopic (exact) mass is 478 g/mol. The second-order valence-corrected chi connectivity index (χ2v) is 7.59. The Kier molecular flexibility index (Phi) is 9.78. The molecule has 0 aromatic carbocycles. The molecule has 1 amide bonds. The van der Waals surface area contributed by atoms with Crippen molar-refractivity contribution in [2.45, 2.75) is 45.6 Å². The quantitative estimate of drug-likeness (QED) is 0.388. The summed E-state index contributed by atoms with van der Waals surface area (Å²) in [6.07, 6.45) is 1.94. The second kappa shape index (κ2) is 11.0. The van der Waals surface area contributed by atoms with E-state index in [9.17, 15) is 4.79 Å². The van der Waals surface area contributed by atoms with Crippen molar-refractivity contribution in [3.8, 4) is 0 Å². The van der Waals surface area contributed by atoms with Gasteiger partial charge in [0.15, 0.2) is 5.96 Å². The van der Waals surface area contributed by atoms with Crippen LogP contribution in [0.25, 0.3) is 0 Å². The van der Waals surface area contributed by atoms with Gasteiger partial charge in [-0.1, -0.05) is 20.8 Å². The number of nitrogens with one attached hydrogen (secondary N) is 2. The summed E-state index contributed by atoms with van der Waals surface area (Å²) in [5, 5.41) is 11.2. The maximum atomic E-state index is 12.0. The van der Waals surface area contributed by atoms with Gasteiger partial charge in [-0.15, -0.1) is 24.0 Å². The summed E-state index contributed by atoms with van der Waals surface area (Å²) in [5.74, 6) is 1.66. The fourth-order valence-electron chi connectivity index (χ4n) is 2.92. The summed E-state index contributed by atoms with van der Waals surface area (Å²) in [6, 6.07) is 2.55. The number of guanidine groups is 1. The summed E-state index contributed by atoms with van der Waals surface area (Å²) in [6.45, 7) is 8.67. The fourth-order valence-corrected chi connectivity index (χ4v) is 3.70. The lowest BCUT2D eigenvalue weighted by molar-refractivity contribution is -0.135. The van der Waals surface area contributed by atoms with Crippen LogP contribution < -0.4 is 10.6 Å². The summed E-state index contributed by atoms with van der Waals surface area (Å²) < 4.78 is 0.